The number of rotatable bonds is 4. The number of carbonyl (C=O) groups excluding carboxylic acids is 1. The predicted octanol–water partition coefficient (Wildman–Crippen LogP) is 3.69. The molecule has 166 valence electrons. The molecule has 1 N–H and O–H groups in total. The lowest BCUT2D eigenvalue weighted by atomic mass is 9.73. The van der Waals surface area contributed by atoms with Crippen molar-refractivity contribution in [1.82, 2.24) is 19.9 Å². The first kappa shape index (κ1) is 20.5. The smallest absolute Gasteiger partial charge is 0.410 e. The van der Waals surface area contributed by atoms with E-state index in [0.717, 1.165) is 54.2 Å². The number of amides is 1. The van der Waals surface area contributed by atoms with E-state index >= 15 is 0 Å². The summed E-state index contributed by atoms with van der Waals surface area (Å²) in [6.07, 6.45) is 6.90. The number of nitrogens with zero attached hydrogens (tertiary/aromatic N) is 5. The van der Waals surface area contributed by atoms with Crippen LogP contribution >= 0.6 is 0 Å². The Morgan fingerprint density at radius 1 is 1.06 bits per heavy atom. The van der Waals surface area contributed by atoms with E-state index in [1.165, 1.54) is 0 Å². The quantitative estimate of drug-likeness (QED) is 0.673. The lowest BCUT2D eigenvalue weighted by molar-refractivity contribution is -0.0452. The summed E-state index contributed by atoms with van der Waals surface area (Å²) in [4.78, 5) is 29.4. The van der Waals surface area contributed by atoms with Gasteiger partial charge in [0, 0.05) is 56.7 Å². The number of nitrogens with one attached hydrogen (secondary N) is 1. The summed E-state index contributed by atoms with van der Waals surface area (Å²) in [6, 6.07) is 8.17. The minimum Gasteiger partial charge on any atom is -0.444 e. The number of carbonyl (C=O) groups is 1. The van der Waals surface area contributed by atoms with Gasteiger partial charge < -0.3 is 19.9 Å². The minimum absolute atomic E-state index is 0.175. The molecule has 0 aliphatic carbocycles. The molecule has 2 aliphatic heterocycles. The molecule has 0 unspecified atom stereocenters. The zero-order chi connectivity index (χ0) is 22.3. The SMILES string of the molecule is CC(C)(C)OC(=O)N1CC2(C1)CN(c1ccncc1NCc1ccc3nccnc3c1)C2. The third-order valence-corrected chi connectivity index (χ3v) is 5.91. The molecule has 0 saturated carbocycles. The van der Waals surface area contributed by atoms with Gasteiger partial charge in [-0.1, -0.05) is 6.07 Å². The molecular formula is C24H28N6O2. The van der Waals surface area contributed by atoms with Crippen molar-refractivity contribution in [3.63, 3.8) is 0 Å². The second-order valence-electron chi connectivity index (χ2n) is 9.82. The summed E-state index contributed by atoms with van der Waals surface area (Å²) in [5, 5.41) is 3.52. The van der Waals surface area contributed by atoms with Crippen LogP contribution in [0, 0.1) is 5.41 Å². The Morgan fingerprint density at radius 2 is 1.81 bits per heavy atom. The van der Waals surface area contributed by atoms with Gasteiger partial charge in [0.2, 0.25) is 0 Å². The molecule has 1 amide bonds. The molecule has 0 bridgehead atoms. The Labute approximate surface area is 187 Å². The molecule has 0 atom stereocenters. The normalized spacial score (nSPS) is 17.1. The number of fused-ring (bicyclic) bond motifs is 1. The van der Waals surface area contributed by atoms with Crippen molar-refractivity contribution in [3.05, 3.63) is 54.6 Å². The Kier molecular flexibility index (Phi) is 4.87. The molecule has 8 heteroatoms. The van der Waals surface area contributed by atoms with Gasteiger partial charge in [-0.25, -0.2) is 4.79 Å². The van der Waals surface area contributed by atoms with E-state index in [0.29, 0.717) is 6.54 Å². The summed E-state index contributed by atoms with van der Waals surface area (Å²) in [5.74, 6) is 0. The highest BCUT2D eigenvalue weighted by Gasteiger charge is 2.54. The van der Waals surface area contributed by atoms with Crippen LogP contribution in [0.15, 0.2) is 49.1 Å². The van der Waals surface area contributed by atoms with Gasteiger partial charge in [-0.15, -0.1) is 0 Å². The number of likely N-dealkylation sites (tertiary alicyclic amines) is 1. The number of hydrogen-bond acceptors (Lipinski definition) is 7. The van der Waals surface area contributed by atoms with Crippen LogP contribution in [0.2, 0.25) is 0 Å². The summed E-state index contributed by atoms with van der Waals surface area (Å²) >= 11 is 0. The molecule has 1 aromatic carbocycles. The van der Waals surface area contributed by atoms with Crippen molar-refractivity contribution in [1.29, 1.82) is 0 Å². The summed E-state index contributed by atoms with van der Waals surface area (Å²) in [5.41, 5.74) is 4.79. The van der Waals surface area contributed by atoms with E-state index < -0.39 is 5.60 Å². The van der Waals surface area contributed by atoms with Crippen LogP contribution in [0.25, 0.3) is 11.0 Å². The first-order chi connectivity index (χ1) is 15.3. The molecule has 2 aromatic heterocycles. The van der Waals surface area contributed by atoms with Gasteiger partial charge >= 0.3 is 6.09 Å². The monoisotopic (exact) mass is 432 g/mol. The molecule has 5 rings (SSSR count). The van der Waals surface area contributed by atoms with Crippen molar-refractivity contribution in [3.8, 4) is 0 Å². The van der Waals surface area contributed by atoms with Gasteiger partial charge in [0.15, 0.2) is 0 Å². The standard InChI is InChI=1S/C24H28N6O2/c1-23(2,3)32-22(31)30-15-24(16-30)13-29(14-24)21-6-7-25-12-20(21)28-11-17-4-5-18-19(10-17)27-9-8-26-18/h4-10,12,28H,11,13-16H2,1-3H3. The average Bonchev–Trinajstić information content (AvgIpc) is 2.69. The van der Waals surface area contributed by atoms with Crippen LogP contribution in [0.4, 0.5) is 16.2 Å². The second kappa shape index (κ2) is 7.62. The number of ether oxygens (including phenoxy) is 1. The van der Waals surface area contributed by atoms with Gasteiger partial charge in [-0.3, -0.25) is 15.0 Å². The molecule has 4 heterocycles. The Hall–Kier alpha value is -3.42. The van der Waals surface area contributed by atoms with Crippen molar-refractivity contribution < 1.29 is 9.53 Å². The molecule has 1 spiro atoms. The van der Waals surface area contributed by atoms with E-state index in [9.17, 15) is 4.79 Å². The van der Waals surface area contributed by atoms with Crippen LogP contribution in [0.1, 0.15) is 26.3 Å². The van der Waals surface area contributed by atoms with Crippen LogP contribution in [-0.2, 0) is 11.3 Å². The van der Waals surface area contributed by atoms with E-state index in [1.807, 2.05) is 45.3 Å². The van der Waals surface area contributed by atoms with E-state index in [-0.39, 0.29) is 11.5 Å². The molecule has 8 nitrogen and oxygen atoms in total. The number of anilines is 2. The first-order valence-electron chi connectivity index (χ1n) is 10.9. The Balaban J connectivity index is 1.19. The van der Waals surface area contributed by atoms with E-state index in [4.69, 9.17) is 4.74 Å². The maximum Gasteiger partial charge on any atom is 0.410 e. The summed E-state index contributed by atoms with van der Waals surface area (Å²) in [6.45, 7) is 9.73. The summed E-state index contributed by atoms with van der Waals surface area (Å²) in [7, 11) is 0. The lowest BCUT2D eigenvalue weighted by Gasteiger charge is -2.60. The molecular weight excluding hydrogens is 404 g/mol. The van der Waals surface area contributed by atoms with Gasteiger partial charge in [-0.2, -0.15) is 0 Å². The van der Waals surface area contributed by atoms with Crippen molar-refractivity contribution >= 4 is 28.5 Å². The van der Waals surface area contributed by atoms with Gasteiger partial charge in [0.05, 0.1) is 28.6 Å². The van der Waals surface area contributed by atoms with Crippen LogP contribution in [0.3, 0.4) is 0 Å². The van der Waals surface area contributed by atoms with Crippen molar-refractivity contribution in [2.75, 3.05) is 36.4 Å². The van der Waals surface area contributed by atoms with Crippen molar-refractivity contribution in [2.45, 2.75) is 32.9 Å². The van der Waals surface area contributed by atoms with Gasteiger partial charge in [-0.05, 0) is 44.5 Å². The zero-order valence-corrected chi connectivity index (χ0v) is 18.7. The number of hydrogen-bond donors (Lipinski definition) is 1. The van der Waals surface area contributed by atoms with Gasteiger partial charge in [0.1, 0.15) is 5.60 Å². The number of pyridine rings is 1. The third kappa shape index (κ3) is 4.04. The topological polar surface area (TPSA) is 83.5 Å². The molecule has 2 fully saturated rings. The second-order valence-corrected chi connectivity index (χ2v) is 9.82. The number of aromatic nitrogens is 3. The molecule has 0 radical (unpaired) electrons. The highest BCUT2D eigenvalue weighted by atomic mass is 16.6. The van der Waals surface area contributed by atoms with Crippen LogP contribution in [0.5, 0.6) is 0 Å². The highest BCUT2D eigenvalue weighted by molar-refractivity contribution is 5.75. The molecule has 2 aliphatic rings. The minimum atomic E-state index is -0.458. The fraction of sp³-hybridized carbons (Fsp3) is 0.417. The Bertz CT molecular complexity index is 1140. The van der Waals surface area contributed by atoms with Crippen LogP contribution in [-0.4, -0.2) is 57.7 Å². The fourth-order valence-electron chi connectivity index (χ4n) is 4.47. The largest absolute Gasteiger partial charge is 0.444 e. The first-order valence-corrected chi connectivity index (χ1v) is 10.9. The maximum atomic E-state index is 12.2. The van der Waals surface area contributed by atoms with Crippen LogP contribution < -0.4 is 10.2 Å². The maximum absolute atomic E-state index is 12.2. The predicted molar refractivity (Wildman–Crippen MR) is 124 cm³/mol. The average molecular weight is 433 g/mol. The van der Waals surface area contributed by atoms with Crippen molar-refractivity contribution in [2.24, 2.45) is 5.41 Å². The third-order valence-electron chi connectivity index (χ3n) is 5.91. The Morgan fingerprint density at radius 3 is 2.56 bits per heavy atom. The zero-order valence-electron chi connectivity index (χ0n) is 18.7. The van der Waals surface area contributed by atoms with E-state index in [2.05, 4.69) is 37.3 Å². The highest BCUT2D eigenvalue weighted by Crippen LogP contribution is 2.44. The molecule has 32 heavy (non-hydrogen) atoms. The molecule has 2 saturated heterocycles. The fourth-order valence-corrected chi connectivity index (χ4v) is 4.47. The van der Waals surface area contributed by atoms with E-state index in [1.54, 1.807) is 17.3 Å². The summed E-state index contributed by atoms with van der Waals surface area (Å²) < 4.78 is 5.48. The van der Waals surface area contributed by atoms with Gasteiger partial charge in [0.25, 0.3) is 0 Å². The number of benzene rings is 1. The lowest BCUT2D eigenvalue weighted by Crippen LogP contribution is -2.73. The molecule has 3 aromatic rings.